The summed E-state index contributed by atoms with van der Waals surface area (Å²) in [6.07, 6.45) is 1.46. The van der Waals surface area contributed by atoms with Crippen LogP contribution in [0.5, 0.6) is 0 Å². The number of nitrogens with zero attached hydrogens (tertiary/aromatic N) is 4. The van der Waals surface area contributed by atoms with E-state index in [0.717, 1.165) is 0 Å². The summed E-state index contributed by atoms with van der Waals surface area (Å²) in [4.78, 5) is 21.0. The number of nitrogens with one attached hydrogen (secondary N) is 3. The number of aromatic nitrogens is 4. The van der Waals surface area contributed by atoms with Crippen molar-refractivity contribution >= 4 is 11.8 Å². The number of ether oxygens (including phenoxy) is 1. The van der Waals surface area contributed by atoms with Gasteiger partial charge < -0.3 is 10.1 Å². The van der Waals surface area contributed by atoms with Crippen LogP contribution >= 0.6 is 0 Å². The minimum atomic E-state index is -0.377. The zero-order chi connectivity index (χ0) is 22.0. The smallest absolute Gasteiger partial charge is 0.341 e. The van der Waals surface area contributed by atoms with Crippen molar-refractivity contribution in [3.8, 4) is 5.82 Å². The number of hydrogen-bond acceptors (Lipinski definition) is 8. The summed E-state index contributed by atoms with van der Waals surface area (Å²) in [5.74, 6) is 1.13. The van der Waals surface area contributed by atoms with E-state index in [-0.39, 0.29) is 24.1 Å². The van der Waals surface area contributed by atoms with Gasteiger partial charge in [-0.1, -0.05) is 37.3 Å². The zero-order valence-electron chi connectivity index (χ0n) is 18.1. The summed E-state index contributed by atoms with van der Waals surface area (Å²) in [5, 5.41) is 7.92. The van der Waals surface area contributed by atoms with Gasteiger partial charge in [-0.25, -0.2) is 30.3 Å². The highest BCUT2D eigenvalue weighted by molar-refractivity contribution is 5.92. The average Bonchev–Trinajstić information content (AvgIpc) is 3.28. The largest absolute Gasteiger partial charge is 0.462 e. The molecule has 162 valence electrons. The third-order valence-electron chi connectivity index (χ3n) is 5.55. The van der Waals surface area contributed by atoms with E-state index in [9.17, 15) is 4.79 Å². The summed E-state index contributed by atoms with van der Waals surface area (Å²) in [5.41, 5.74) is 9.65. The van der Waals surface area contributed by atoms with Crippen molar-refractivity contribution in [2.24, 2.45) is 5.92 Å². The summed E-state index contributed by atoms with van der Waals surface area (Å²) in [6.45, 7) is 7.89. The predicted octanol–water partition coefficient (Wildman–Crippen LogP) is 2.68. The van der Waals surface area contributed by atoms with E-state index in [4.69, 9.17) is 4.74 Å². The number of benzene rings is 1. The van der Waals surface area contributed by atoms with Crippen LogP contribution in [0, 0.1) is 19.8 Å². The van der Waals surface area contributed by atoms with Crippen molar-refractivity contribution in [3.05, 3.63) is 65.2 Å². The molecule has 1 aliphatic heterocycles. The maximum atomic E-state index is 12.3. The van der Waals surface area contributed by atoms with Crippen molar-refractivity contribution in [3.63, 3.8) is 0 Å². The normalized spacial score (nSPS) is 20.6. The Morgan fingerprint density at radius 1 is 1.19 bits per heavy atom. The summed E-state index contributed by atoms with van der Waals surface area (Å²) in [6, 6.07) is 12.3. The minimum Gasteiger partial charge on any atom is -0.462 e. The molecule has 9 nitrogen and oxygen atoms in total. The first-order chi connectivity index (χ1) is 15.0. The molecule has 1 aliphatic rings. The number of anilines is 1. The molecule has 3 atom stereocenters. The quantitative estimate of drug-likeness (QED) is 0.522. The van der Waals surface area contributed by atoms with Gasteiger partial charge in [-0.15, -0.1) is 0 Å². The monoisotopic (exact) mass is 421 g/mol. The molecule has 9 heteroatoms. The van der Waals surface area contributed by atoms with Gasteiger partial charge in [-0.05, 0) is 26.3 Å². The molecule has 3 aromatic rings. The van der Waals surface area contributed by atoms with Gasteiger partial charge in [0.2, 0.25) is 0 Å². The molecule has 3 unspecified atom stereocenters. The molecule has 0 spiro atoms. The number of hydrazine groups is 1. The van der Waals surface area contributed by atoms with E-state index in [0.29, 0.717) is 35.2 Å². The molecule has 0 radical (unpaired) electrons. The molecule has 0 aliphatic carbocycles. The molecule has 4 rings (SSSR count). The molecule has 1 aromatic carbocycles. The van der Waals surface area contributed by atoms with Crippen LogP contribution in [0.4, 0.5) is 5.82 Å². The Kier molecular flexibility index (Phi) is 5.97. The number of carbonyl (C=O) groups excluding carboxylic acids is 1. The van der Waals surface area contributed by atoms with E-state index >= 15 is 0 Å². The second kappa shape index (κ2) is 8.83. The first-order valence-corrected chi connectivity index (χ1v) is 10.4. The van der Waals surface area contributed by atoms with Gasteiger partial charge in [0.05, 0.1) is 30.2 Å². The first kappa shape index (κ1) is 21.0. The summed E-state index contributed by atoms with van der Waals surface area (Å²) in [7, 11) is 0. The number of rotatable bonds is 6. The maximum absolute atomic E-state index is 12.3. The molecule has 1 saturated heterocycles. The van der Waals surface area contributed by atoms with Gasteiger partial charge in [0.15, 0.2) is 5.82 Å². The van der Waals surface area contributed by atoms with Gasteiger partial charge >= 0.3 is 5.97 Å². The lowest BCUT2D eigenvalue weighted by molar-refractivity contribution is 0.0524. The summed E-state index contributed by atoms with van der Waals surface area (Å²) < 4.78 is 6.80. The molecule has 0 amide bonds. The summed E-state index contributed by atoms with van der Waals surface area (Å²) >= 11 is 0. The Morgan fingerprint density at radius 3 is 2.71 bits per heavy atom. The second-order valence-electron chi connectivity index (χ2n) is 7.60. The lowest BCUT2D eigenvalue weighted by Gasteiger charge is -2.20. The van der Waals surface area contributed by atoms with Crippen molar-refractivity contribution < 1.29 is 9.53 Å². The lowest BCUT2D eigenvalue weighted by atomic mass is 9.94. The Morgan fingerprint density at radius 2 is 1.97 bits per heavy atom. The lowest BCUT2D eigenvalue weighted by Crippen LogP contribution is -2.38. The molecule has 3 heterocycles. The molecular weight excluding hydrogens is 394 g/mol. The highest BCUT2D eigenvalue weighted by Gasteiger charge is 2.33. The first-order valence-electron chi connectivity index (χ1n) is 10.4. The molecule has 2 aromatic heterocycles. The fourth-order valence-electron chi connectivity index (χ4n) is 3.92. The molecule has 31 heavy (non-hydrogen) atoms. The minimum absolute atomic E-state index is 0.0245. The van der Waals surface area contributed by atoms with E-state index < -0.39 is 0 Å². The van der Waals surface area contributed by atoms with E-state index in [2.05, 4.69) is 50.3 Å². The Labute approximate surface area is 181 Å². The number of carbonyl (C=O) groups is 1. The van der Waals surface area contributed by atoms with Crippen LogP contribution in [-0.4, -0.2) is 38.5 Å². The van der Waals surface area contributed by atoms with Gasteiger partial charge in [0.1, 0.15) is 17.7 Å². The highest BCUT2D eigenvalue weighted by atomic mass is 16.5. The van der Waals surface area contributed by atoms with Crippen LogP contribution in [-0.2, 0) is 4.74 Å². The predicted molar refractivity (Wildman–Crippen MR) is 117 cm³/mol. The number of esters is 1. The standard InChI is InChI=1S/C22H27N7O2/c1-5-31-22(30)19-14(3)28-29(15(19)4)18-11-17(23-12-24-18)25-21-13(2)20(26-27-21)16-9-7-6-8-10-16/h6-13,20-21,26-27H,5H2,1-4H3,(H,23,24,25). The van der Waals surface area contributed by atoms with E-state index in [1.54, 1.807) is 18.5 Å². The van der Waals surface area contributed by atoms with Crippen molar-refractivity contribution in [2.75, 3.05) is 11.9 Å². The number of aryl methyl sites for hydroxylation is 1. The van der Waals surface area contributed by atoms with Crippen LogP contribution < -0.4 is 16.2 Å². The average molecular weight is 422 g/mol. The van der Waals surface area contributed by atoms with Crippen LogP contribution in [0.15, 0.2) is 42.7 Å². The van der Waals surface area contributed by atoms with Crippen LogP contribution in [0.3, 0.4) is 0 Å². The number of hydrogen-bond donors (Lipinski definition) is 3. The molecular formula is C22H27N7O2. The third-order valence-corrected chi connectivity index (χ3v) is 5.55. The molecule has 0 bridgehead atoms. The van der Waals surface area contributed by atoms with E-state index in [1.807, 2.05) is 31.2 Å². The zero-order valence-corrected chi connectivity index (χ0v) is 18.1. The fraction of sp³-hybridized carbons (Fsp3) is 0.364. The van der Waals surface area contributed by atoms with Crippen LogP contribution in [0.1, 0.15) is 47.2 Å². The Bertz CT molecular complexity index is 1070. The van der Waals surface area contributed by atoms with Crippen molar-refractivity contribution in [1.29, 1.82) is 0 Å². The van der Waals surface area contributed by atoms with Crippen LogP contribution in [0.25, 0.3) is 5.82 Å². The van der Waals surface area contributed by atoms with E-state index in [1.165, 1.54) is 11.9 Å². The van der Waals surface area contributed by atoms with Crippen molar-refractivity contribution in [1.82, 2.24) is 30.6 Å². The third kappa shape index (κ3) is 4.14. The van der Waals surface area contributed by atoms with Crippen molar-refractivity contribution in [2.45, 2.75) is 39.9 Å². The molecule has 3 N–H and O–H groups in total. The highest BCUT2D eigenvalue weighted by Crippen LogP contribution is 2.28. The van der Waals surface area contributed by atoms with Gasteiger partial charge in [-0.2, -0.15) is 5.10 Å². The second-order valence-corrected chi connectivity index (χ2v) is 7.60. The molecule has 1 fully saturated rings. The van der Waals surface area contributed by atoms with Gasteiger partial charge in [0, 0.05) is 12.0 Å². The SMILES string of the molecule is CCOC(=O)c1c(C)nn(-c2cc(NC3NNC(c4ccccc4)C3C)ncn2)c1C. The van der Waals surface area contributed by atoms with Crippen LogP contribution in [0.2, 0.25) is 0 Å². The Hall–Kier alpha value is -3.30. The fourth-order valence-corrected chi connectivity index (χ4v) is 3.92. The maximum Gasteiger partial charge on any atom is 0.341 e. The topological polar surface area (TPSA) is 106 Å². The Balaban J connectivity index is 1.54. The van der Waals surface area contributed by atoms with Gasteiger partial charge in [-0.3, -0.25) is 0 Å². The van der Waals surface area contributed by atoms with Gasteiger partial charge in [0.25, 0.3) is 0 Å². The molecule has 0 saturated carbocycles.